The Morgan fingerprint density at radius 2 is 1.75 bits per heavy atom. The van der Waals surface area contributed by atoms with Crippen LogP contribution in [0.25, 0.3) is 0 Å². The van der Waals surface area contributed by atoms with Crippen LogP contribution in [0.4, 0.5) is 0 Å². The number of Topliss-reactive ketones (excluding diaryl/α,β-unsaturated/α-hetero) is 2. The molecule has 0 fully saturated rings. The van der Waals surface area contributed by atoms with Crippen LogP contribution < -0.4 is 0 Å². The SMILES string of the molecule is COC1=C(Cl)C(=O)C(Cl)(Cl)C1=O. The molecule has 0 amide bonds. The summed E-state index contributed by atoms with van der Waals surface area (Å²) in [6.45, 7) is 0. The zero-order valence-corrected chi connectivity index (χ0v) is 8.13. The van der Waals surface area contributed by atoms with Gasteiger partial charge >= 0.3 is 0 Å². The van der Waals surface area contributed by atoms with Gasteiger partial charge in [-0.2, -0.15) is 0 Å². The van der Waals surface area contributed by atoms with Gasteiger partial charge in [-0.25, -0.2) is 0 Å². The average Bonchev–Trinajstić information content (AvgIpc) is 2.15. The van der Waals surface area contributed by atoms with Gasteiger partial charge in [0.25, 0.3) is 0 Å². The van der Waals surface area contributed by atoms with E-state index in [0.29, 0.717) is 0 Å². The Balaban J connectivity index is 3.21. The van der Waals surface area contributed by atoms with E-state index >= 15 is 0 Å². The highest BCUT2D eigenvalue weighted by atomic mass is 35.5. The first-order chi connectivity index (χ1) is 5.42. The monoisotopic (exact) mass is 228 g/mol. The molecule has 0 saturated carbocycles. The molecule has 1 aliphatic rings. The summed E-state index contributed by atoms with van der Waals surface area (Å²) in [6, 6.07) is 0. The second-order valence-electron chi connectivity index (χ2n) is 2.08. The third kappa shape index (κ3) is 1.13. The van der Waals surface area contributed by atoms with Crippen LogP contribution in [0.2, 0.25) is 0 Å². The van der Waals surface area contributed by atoms with Crippen LogP contribution in [-0.4, -0.2) is 23.0 Å². The molecule has 0 heterocycles. The molecule has 0 unspecified atom stereocenters. The van der Waals surface area contributed by atoms with Crippen molar-refractivity contribution in [2.75, 3.05) is 7.11 Å². The first-order valence-electron chi connectivity index (χ1n) is 2.84. The number of alkyl halides is 2. The molecular formula is C6H3Cl3O3. The number of methoxy groups -OCH3 is 1. The molecule has 3 nitrogen and oxygen atoms in total. The Morgan fingerprint density at radius 3 is 1.92 bits per heavy atom. The van der Waals surface area contributed by atoms with Gasteiger partial charge in [0, 0.05) is 0 Å². The molecule has 0 atom stereocenters. The molecule has 1 aliphatic carbocycles. The van der Waals surface area contributed by atoms with Gasteiger partial charge in [0.05, 0.1) is 7.11 Å². The number of hydrogen-bond acceptors (Lipinski definition) is 3. The van der Waals surface area contributed by atoms with Gasteiger partial charge in [0.1, 0.15) is 5.03 Å². The van der Waals surface area contributed by atoms with E-state index in [1.54, 1.807) is 0 Å². The summed E-state index contributed by atoms with van der Waals surface area (Å²) in [5.74, 6) is -1.94. The summed E-state index contributed by atoms with van der Waals surface area (Å²) in [7, 11) is 1.21. The number of ketones is 2. The zero-order chi connectivity index (χ0) is 9.52. The topological polar surface area (TPSA) is 43.4 Å². The molecule has 0 aliphatic heterocycles. The lowest BCUT2D eigenvalue weighted by Crippen LogP contribution is -2.29. The van der Waals surface area contributed by atoms with Crippen molar-refractivity contribution >= 4 is 46.4 Å². The highest BCUT2D eigenvalue weighted by Crippen LogP contribution is 2.38. The Morgan fingerprint density at radius 1 is 1.25 bits per heavy atom. The number of ether oxygens (including phenoxy) is 1. The van der Waals surface area contributed by atoms with Gasteiger partial charge in [-0.1, -0.05) is 34.8 Å². The number of allylic oxidation sites excluding steroid dienone is 2. The van der Waals surface area contributed by atoms with Crippen LogP contribution in [0, 0.1) is 0 Å². The van der Waals surface area contributed by atoms with Crippen LogP contribution >= 0.6 is 34.8 Å². The molecule has 1 rings (SSSR count). The van der Waals surface area contributed by atoms with Crippen LogP contribution in [0.3, 0.4) is 0 Å². The van der Waals surface area contributed by atoms with Gasteiger partial charge in [-0.3, -0.25) is 9.59 Å². The number of rotatable bonds is 1. The largest absolute Gasteiger partial charge is 0.491 e. The summed E-state index contributed by atoms with van der Waals surface area (Å²) in [4.78, 5) is 22.2. The first-order valence-corrected chi connectivity index (χ1v) is 3.97. The second kappa shape index (κ2) is 2.91. The van der Waals surface area contributed by atoms with Gasteiger partial charge < -0.3 is 4.74 Å². The summed E-state index contributed by atoms with van der Waals surface area (Å²) in [5.41, 5.74) is 0. The van der Waals surface area contributed by atoms with Crippen molar-refractivity contribution in [3.8, 4) is 0 Å². The van der Waals surface area contributed by atoms with Crippen LogP contribution in [0.1, 0.15) is 0 Å². The summed E-state index contributed by atoms with van der Waals surface area (Å²) in [6.07, 6.45) is 0. The van der Waals surface area contributed by atoms with Gasteiger partial charge in [0.15, 0.2) is 5.76 Å². The third-order valence-electron chi connectivity index (χ3n) is 1.38. The van der Waals surface area contributed by atoms with Crippen molar-refractivity contribution in [1.82, 2.24) is 0 Å². The maximum Gasteiger partial charge on any atom is 0.246 e. The number of carbonyl (C=O) groups is 2. The smallest absolute Gasteiger partial charge is 0.246 e. The molecule has 12 heavy (non-hydrogen) atoms. The van der Waals surface area contributed by atoms with Crippen LogP contribution in [0.5, 0.6) is 0 Å². The standard InChI is InChI=1S/C6H3Cl3O3/c1-12-3-2(7)4(10)6(8,9)5(3)11/h1H3. The Hall–Kier alpha value is -0.250. The van der Waals surface area contributed by atoms with Gasteiger partial charge in [-0.05, 0) is 0 Å². The lowest BCUT2D eigenvalue weighted by Gasteiger charge is -2.06. The van der Waals surface area contributed by atoms with Crippen molar-refractivity contribution in [3.63, 3.8) is 0 Å². The molecule has 0 aromatic carbocycles. The fourth-order valence-corrected chi connectivity index (χ4v) is 1.53. The molecule has 0 saturated heterocycles. The lowest BCUT2D eigenvalue weighted by molar-refractivity contribution is -0.123. The predicted molar refractivity (Wildman–Crippen MR) is 44.3 cm³/mol. The minimum absolute atomic E-state index is 0.285. The molecule has 66 valence electrons. The fraction of sp³-hybridized carbons (Fsp3) is 0.333. The van der Waals surface area contributed by atoms with E-state index in [9.17, 15) is 9.59 Å². The van der Waals surface area contributed by atoms with E-state index in [1.165, 1.54) is 7.11 Å². The van der Waals surface area contributed by atoms with Crippen LogP contribution in [-0.2, 0) is 14.3 Å². The average molecular weight is 229 g/mol. The number of halogens is 3. The highest BCUT2D eigenvalue weighted by Gasteiger charge is 2.53. The predicted octanol–water partition coefficient (Wildman–Crippen LogP) is 1.41. The van der Waals surface area contributed by atoms with E-state index in [0.717, 1.165) is 0 Å². The number of carbonyl (C=O) groups excluding carboxylic acids is 2. The van der Waals surface area contributed by atoms with Crippen molar-refractivity contribution in [2.24, 2.45) is 0 Å². The quantitative estimate of drug-likeness (QED) is 0.504. The van der Waals surface area contributed by atoms with Crippen molar-refractivity contribution < 1.29 is 14.3 Å². The molecular weight excluding hydrogens is 226 g/mol. The second-order valence-corrected chi connectivity index (χ2v) is 3.79. The summed E-state index contributed by atoms with van der Waals surface area (Å²) in [5, 5.41) is -0.354. The normalized spacial score (nSPS) is 22.0. The fourth-order valence-electron chi connectivity index (χ4n) is 0.769. The molecule has 0 N–H and O–H groups in total. The maximum atomic E-state index is 11.1. The van der Waals surface area contributed by atoms with E-state index in [-0.39, 0.29) is 10.8 Å². The van der Waals surface area contributed by atoms with Gasteiger partial charge in [0.2, 0.25) is 15.9 Å². The molecule has 0 aromatic heterocycles. The van der Waals surface area contributed by atoms with E-state index < -0.39 is 15.9 Å². The van der Waals surface area contributed by atoms with Crippen molar-refractivity contribution in [2.45, 2.75) is 4.33 Å². The summed E-state index contributed by atoms with van der Waals surface area (Å²) >= 11 is 16.2. The number of hydrogen-bond donors (Lipinski definition) is 0. The zero-order valence-electron chi connectivity index (χ0n) is 5.86. The third-order valence-corrected chi connectivity index (χ3v) is 2.41. The molecule has 0 aromatic rings. The molecule has 0 spiro atoms. The Kier molecular flexibility index (Phi) is 2.38. The van der Waals surface area contributed by atoms with Gasteiger partial charge in [-0.15, -0.1) is 0 Å². The Labute approximate surface area is 83.2 Å². The van der Waals surface area contributed by atoms with Crippen molar-refractivity contribution in [1.29, 1.82) is 0 Å². The van der Waals surface area contributed by atoms with E-state index in [2.05, 4.69) is 4.74 Å². The first kappa shape index (κ1) is 9.84. The van der Waals surface area contributed by atoms with Crippen LogP contribution in [0.15, 0.2) is 10.8 Å². The minimum atomic E-state index is -2.11. The lowest BCUT2D eigenvalue weighted by atomic mass is 10.3. The maximum absolute atomic E-state index is 11.1. The van der Waals surface area contributed by atoms with Crippen molar-refractivity contribution in [3.05, 3.63) is 10.8 Å². The molecule has 6 heteroatoms. The summed E-state index contributed by atoms with van der Waals surface area (Å²) < 4.78 is 2.44. The van der Waals surface area contributed by atoms with E-state index in [1.807, 2.05) is 0 Å². The highest BCUT2D eigenvalue weighted by molar-refractivity contribution is 6.76. The minimum Gasteiger partial charge on any atom is -0.491 e. The Bertz CT molecular complexity index is 292. The van der Waals surface area contributed by atoms with E-state index in [4.69, 9.17) is 34.8 Å². The molecule has 0 radical (unpaired) electrons. The molecule has 0 bridgehead atoms.